The highest BCUT2D eigenvalue weighted by Gasteiger charge is 2.22. The summed E-state index contributed by atoms with van der Waals surface area (Å²) in [6.45, 7) is 8.33. The Morgan fingerprint density at radius 1 is 1.33 bits per heavy atom. The number of carbonyl (C=O) groups excluding carboxylic acids is 2. The third-order valence-electron chi connectivity index (χ3n) is 3.70. The van der Waals surface area contributed by atoms with Crippen LogP contribution >= 0.6 is 0 Å². The molecule has 1 aliphatic heterocycles. The number of nitrogens with one attached hydrogen (secondary N) is 1. The van der Waals surface area contributed by atoms with E-state index in [-0.39, 0.29) is 29.5 Å². The minimum atomic E-state index is -0.626. The van der Waals surface area contributed by atoms with Gasteiger partial charge in [0.05, 0.1) is 12.2 Å². The van der Waals surface area contributed by atoms with Crippen molar-refractivity contribution in [2.24, 2.45) is 5.92 Å². The van der Waals surface area contributed by atoms with Crippen LogP contribution < -0.4 is 10.1 Å². The minimum Gasteiger partial charge on any atom is -0.488 e. The number of halogens is 1. The first-order valence-electron chi connectivity index (χ1n) is 9.04. The monoisotopic (exact) mass is 383 g/mol. The van der Waals surface area contributed by atoms with Crippen LogP contribution in [0.3, 0.4) is 0 Å². The van der Waals surface area contributed by atoms with Gasteiger partial charge in [-0.1, -0.05) is 6.07 Å². The van der Waals surface area contributed by atoms with Crippen LogP contribution in [-0.2, 0) is 14.3 Å². The van der Waals surface area contributed by atoms with Gasteiger partial charge >= 0.3 is 5.97 Å². The molecule has 0 aliphatic carbocycles. The molecule has 152 valence electrons. The van der Waals surface area contributed by atoms with Gasteiger partial charge in [0.2, 0.25) is 0 Å². The quantitative estimate of drug-likeness (QED) is 0.443. The minimum absolute atomic E-state index is 0.0000770. The van der Waals surface area contributed by atoms with Crippen LogP contribution in [0.25, 0.3) is 0 Å². The molecule has 1 aromatic rings. The van der Waals surface area contributed by atoms with Gasteiger partial charge in [-0.3, -0.25) is 9.59 Å². The summed E-state index contributed by atoms with van der Waals surface area (Å²) >= 11 is 0. The number of rotatable bonds is 7. The molecule has 0 bridgehead atoms. The number of aldehydes is 1. The zero-order valence-corrected chi connectivity index (χ0v) is 16.5. The molecular formula is C20H30FNO5. The predicted octanol–water partition coefficient (Wildman–Crippen LogP) is 2.99. The molecule has 1 aliphatic rings. The second-order valence-electron chi connectivity index (χ2n) is 7.27. The zero-order chi connectivity index (χ0) is 20.3. The molecular weight excluding hydrogens is 353 g/mol. The van der Waals surface area contributed by atoms with E-state index in [0.717, 1.165) is 19.5 Å². The van der Waals surface area contributed by atoms with Crippen LogP contribution in [0.2, 0.25) is 0 Å². The van der Waals surface area contributed by atoms with Gasteiger partial charge in [-0.15, -0.1) is 0 Å². The molecule has 1 N–H and O–H groups in total. The molecule has 0 radical (unpaired) electrons. The molecule has 27 heavy (non-hydrogen) atoms. The Hall–Kier alpha value is -1.99. The average Bonchev–Trinajstić information content (AvgIpc) is 3.08. The van der Waals surface area contributed by atoms with E-state index < -0.39 is 5.82 Å². The summed E-state index contributed by atoms with van der Waals surface area (Å²) in [5, 5.41) is 3.23. The van der Waals surface area contributed by atoms with Crippen molar-refractivity contribution in [1.29, 1.82) is 0 Å². The number of methoxy groups -OCH3 is 1. The molecule has 1 heterocycles. The van der Waals surface area contributed by atoms with Gasteiger partial charge in [-0.2, -0.15) is 0 Å². The smallest absolute Gasteiger partial charge is 0.306 e. The van der Waals surface area contributed by atoms with E-state index in [1.807, 2.05) is 20.8 Å². The van der Waals surface area contributed by atoms with Crippen molar-refractivity contribution in [2.75, 3.05) is 33.4 Å². The second-order valence-corrected chi connectivity index (χ2v) is 7.27. The Balaban J connectivity index is 0.000000271. The number of esters is 1. The molecule has 1 aromatic carbocycles. The lowest BCUT2D eigenvalue weighted by atomic mass is 10.1. The first kappa shape index (κ1) is 23.0. The van der Waals surface area contributed by atoms with E-state index in [0.29, 0.717) is 25.2 Å². The van der Waals surface area contributed by atoms with Crippen molar-refractivity contribution in [2.45, 2.75) is 39.2 Å². The highest BCUT2D eigenvalue weighted by Crippen LogP contribution is 2.19. The summed E-state index contributed by atoms with van der Waals surface area (Å²) in [6.07, 6.45) is 2.11. The summed E-state index contributed by atoms with van der Waals surface area (Å²) in [7, 11) is 1.53. The third-order valence-corrected chi connectivity index (χ3v) is 3.70. The molecule has 0 unspecified atom stereocenters. The standard InChI is InChI=1S/C10H11FO3.C10H19NO2/c1-13-5-6-14-9-4-2-3-8(7-12)10(9)11;1-10(2,3)13-9(12)6-8-4-5-11-7-8/h2-4,7H,5-6H2,1H3;8,11H,4-7H2,1-3H3/t;8-/m.1/s1. The van der Waals surface area contributed by atoms with E-state index in [2.05, 4.69) is 5.32 Å². The highest BCUT2D eigenvalue weighted by atomic mass is 19.1. The predicted molar refractivity (Wildman–Crippen MR) is 101 cm³/mol. The summed E-state index contributed by atoms with van der Waals surface area (Å²) in [4.78, 5) is 21.8. The lowest BCUT2D eigenvalue weighted by molar-refractivity contribution is -0.155. The molecule has 0 spiro atoms. The normalized spacial score (nSPS) is 16.3. The number of carbonyl (C=O) groups is 2. The Bertz CT molecular complexity index is 595. The topological polar surface area (TPSA) is 73.9 Å². The first-order chi connectivity index (χ1) is 12.8. The molecule has 2 rings (SSSR count). The van der Waals surface area contributed by atoms with Crippen LogP contribution in [0.1, 0.15) is 44.0 Å². The number of hydrogen-bond acceptors (Lipinski definition) is 6. The summed E-state index contributed by atoms with van der Waals surface area (Å²) in [5.41, 5.74) is -0.344. The van der Waals surface area contributed by atoms with E-state index in [1.165, 1.54) is 19.2 Å². The zero-order valence-electron chi connectivity index (χ0n) is 16.5. The van der Waals surface area contributed by atoms with E-state index in [9.17, 15) is 14.0 Å². The number of benzene rings is 1. The van der Waals surface area contributed by atoms with Gasteiger partial charge in [-0.05, 0) is 58.3 Å². The van der Waals surface area contributed by atoms with Crippen molar-refractivity contribution >= 4 is 12.3 Å². The van der Waals surface area contributed by atoms with Gasteiger partial charge in [0.15, 0.2) is 17.9 Å². The van der Waals surface area contributed by atoms with Crippen LogP contribution in [0, 0.1) is 11.7 Å². The van der Waals surface area contributed by atoms with Gasteiger partial charge in [0.1, 0.15) is 12.2 Å². The largest absolute Gasteiger partial charge is 0.488 e. The Kier molecular flexibility index (Phi) is 9.96. The maximum Gasteiger partial charge on any atom is 0.306 e. The van der Waals surface area contributed by atoms with Crippen molar-refractivity contribution < 1.29 is 28.2 Å². The maximum atomic E-state index is 13.3. The average molecular weight is 383 g/mol. The Morgan fingerprint density at radius 3 is 2.63 bits per heavy atom. The molecule has 1 saturated heterocycles. The van der Waals surface area contributed by atoms with Gasteiger partial charge < -0.3 is 19.5 Å². The summed E-state index contributed by atoms with van der Waals surface area (Å²) in [5.74, 6) is -0.138. The maximum absolute atomic E-state index is 13.3. The van der Waals surface area contributed by atoms with Crippen LogP contribution in [0.15, 0.2) is 18.2 Å². The fraction of sp³-hybridized carbons (Fsp3) is 0.600. The lowest BCUT2D eigenvalue weighted by Gasteiger charge is -2.20. The SMILES string of the molecule is CC(C)(C)OC(=O)C[C@H]1CCNC1.COCCOc1cccc(C=O)c1F. The Labute approximate surface area is 160 Å². The third kappa shape index (κ3) is 9.49. The fourth-order valence-electron chi connectivity index (χ4n) is 2.47. The Morgan fingerprint density at radius 2 is 2.07 bits per heavy atom. The number of ether oxygens (including phenoxy) is 3. The van der Waals surface area contributed by atoms with Crippen molar-refractivity contribution in [1.82, 2.24) is 5.32 Å². The van der Waals surface area contributed by atoms with Crippen molar-refractivity contribution in [3.8, 4) is 5.75 Å². The summed E-state index contributed by atoms with van der Waals surface area (Å²) in [6, 6.07) is 4.43. The van der Waals surface area contributed by atoms with Gasteiger partial charge in [0, 0.05) is 13.5 Å². The second kappa shape index (κ2) is 11.7. The first-order valence-corrected chi connectivity index (χ1v) is 9.04. The molecule has 0 amide bonds. The molecule has 1 atom stereocenters. The van der Waals surface area contributed by atoms with E-state index >= 15 is 0 Å². The molecule has 0 saturated carbocycles. The fourth-order valence-corrected chi connectivity index (χ4v) is 2.47. The van der Waals surface area contributed by atoms with Crippen LogP contribution in [0.5, 0.6) is 5.75 Å². The molecule has 1 fully saturated rings. The van der Waals surface area contributed by atoms with Crippen molar-refractivity contribution in [3.05, 3.63) is 29.6 Å². The van der Waals surface area contributed by atoms with Crippen LogP contribution in [-0.4, -0.2) is 51.3 Å². The van der Waals surface area contributed by atoms with Gasteiger partial charge in [-0.25, -0.2) is 4.39 Å². The van der Waals surface area contributed by atoms with E-state index in [1.54, 1.807) is 6.07 Å². The van der Waals surface area contributed by atoms with E-state index in [4.69, 9.17) is 14.2 Å². The highest BCUT2D eigenvalue weighted by molar-refractivity contribution is 5.76. The lowest BCUT2D eigenvalue weighted by Crippen LogP contribution is -2.25. The molecule has 0 aromatic heterocycles. The summed E-state index contributed by atoms with van der Waals surface area (Å²) < 4.78 is 28.3. The molecule has 6 nitrogen and oxygen atoms in total. The number of hydrogen-bond donors (Lipinski definition) is 1. The molecule has 7 heteroatoms. The van der Waals surface area contributed by atoms with Crippen LogP contribution in [0.4, 0.5) is 4.39 Å². The van der Waals surface area contributed by atoms with Gasteiger partial charge in [0.25, 0.3) is 0 Å². The van der Waals surface area contributed by atoms with Crippen molar-refractivity contribution in [3.63, 3.8) is 0 Å².